The summed E-state index contributed by atoms with van der Waals surface area (Å²) >= 11 is 0. The maximum absolute atomic E-state index is 14.7. The van der Waals surface area contributed by atoms with Gasteiger partial charge in [-0.3, -0.25) is 4.79 Å². The molecule has 1 aliphatic carbocycles. The van der Waals surface area contributed by atoms with Gasteiger partial charge in [0.25, 0.3) is 11.5 Å². The molecule has 0 saturated heterocycles. The van der Waals surface area contributed by atoms with E-state index in [0.29, 0.717) is 6.92 Å². The number of halogens is 11. The molecule has 4 atom stereocenters. The molecule has 0 radical (unpaired) electrons. The molecule has 0 aliphatic heterocycles. The fourth-order valence-corrected chi connectivity index (χ4v) is 3.59. The second kappa shape index (κ2) is 7.66. The van der Waals surface area contributed by atoms with Gasteiger partial charge in [0.05, 0.1) is 0 Å². The van der Waals surface area contributed by atoms with Gasteiger partial charge in [-0.25, -0.2) is 22.0 Å². The smallest absolute Gasteiger partial charge is 0.426 e. The zero-order valence-corrected chi connectivity index (χ0v) is 15.8. The number of hydrogen-bond donors (Lipinski definition) is 1. The van der Waals surface area contributed by atoms with Crippen LogP contribution >= 0.6 is 0 Å². The third kappa shape index (κ3) is 4.07. The number of rotatable bonds is 6. The van der Waals surface area contributed by atoms with Crippen molar-refractivity contribution in [3.05, 3.63) is 0 Å². The Morgan fingerprint density at radius 1 is 1.07 bits per heavy atom. The molecule has 3 nitrogen and oxygen atoms in total. The predicted molar refractivity (Wildman–Crippen MR) is 78.5 cm³/mol. The van der Waals surface area contributed by atoms with Crippen molar-refractivity contribution >= 4 is 5.97 Å². The van der Waals surface area contributed by atoms with Crippen LogP contribution in [0.2, 0.25) is 0 Å². The SMILES string of the molecule is CCC1CC(C(=O)OC(C)CC(O)(C(F)(F)F)C(F)(F)F)C(F)(F)C1(F)C(C)(F)F. The van der Waals surface area contributed by atoms with Crippen molar-refractivity contribution in [2.75, 3.05) is 0 Å². The molecule has 0 bridgehead atoms. The number of carbonyl (C=O) groups excluding carboxylic acids is 1. The Labute approximate surface area is 163 Å². The fourth-order valence-electron chi connectivity index (χ4n) is 3.59. The van der Waals surface area contributed by atoms with Crippen molar-refractivity contribution in [1.29, 1.82) is 0 Å². The highest BCUT2D eigenvalue weighted by atomic mass is 19.4. The van der Waals surface area contributed by atoms with E-state index in [-0.39, 0.29) is 6.92 Å². The largest absolute Gasteiger partial charge is 0.462 e. The lowest BCUT2D eigenvalue weighted by molar-refractivity contribution is -0.373. The molecule has 1 saturated carbocycles. The fraction of sp³-hybridized carbons (Fsp3) is 0.938. The topological polar surface area (TPSA) is 46.5 Å². The second-order valence-corrected chi connectivity index (χ2v) is 7.42. The first-order valence-corrected chi connectivity index (χ1v) is 8.58. The average molecular weight is 468 g/mol. The van der Waals surface area contributed by atoms with Gasteiger partial charge in [-0.2, -0.15) is 26.3 Å². The van der Waals surface area contributed by atoms with Crippen LogP contribution in [0.5, 0.6) is 0 Å². The van der Waals surface area contributed by atoms with Crippen LogP contribution < -0.4 is 0 Å². The summed E-state index contributed by atoms with van der Waals surface area (Å²) in [6.07, 6.45) is -19.0. The van der Waals surface area contributed by atoms with Crippen molar-refractivity contribution in [1.82, 2.24) is 0 Å². The highest BCUT2D eigenvalue weighted by molar-refractivity contribution is 5.75. The standard InChI is InChI=1S/C16H19F11O3/c1-4-8-5-9(14(20,21)13(8,19)11(3,17)18)10(28)30-7(2)6-12(29,15(22,23)24)16(25,26)27/h7-9,29H,4-6H2,1-3H3. The minimum atomic E-state index is -6.26. The van der Waals surface area contributed by atoms with E-state index in [2.05, 4.69) is 4.74 Å². The molecule has 1 aliphatic rings. The first-order chi connectivity index (χ1) is 13.1. The molecular formula is C16H19F11O3. The maximum atomic E-state index is 14.7. The van der Waals surface area contributed by atoms with Gasteiger partial charge in [0.1, 0.15) is 12.0 Å². The molecule has 0 aromatic heterocycles. The number of esters is 1. The number of aliphatic hydroxyl groups is 1. The summed E-state index contributed by atoms with van der Waals surface area (Å²) in [5.41, 5.74) is -9.81. The van der Waals surface area contributed by atoms with Crippen LogP contribution in [0.1, 0.15) is 40.0 Å². The molecule has 1 rings (SSSR count). The zero-order valence-electron chi connectivity index (χ0n) is 15.8. The summed E-state index contributed by atoms with van der Waals surface area (Å²) in [5.74, 6) is -16.7. The van der Waals surface area contributed by atoms with Crippen LogP contribution in [0.15, 0.2) is 0 Å². The van der Waals surface area contributed by atoms with E-state index in [1.165, 1.54) is 0 Å². The van der Waals surface area contributed by atoms with Crippen LogP contribution in [0, 0.1) is 11.8 Å². The van der Waals surface area contributed by atoms with Gasteiger partial charge in [0.15, 0.2) is 0 Å². The van der Waals surface area contributed by atoms with Crippen LogP contribution in [-0.4, -0.2) is 52.6 Å². The third-order valence-corrected chi connectivity index (χ3v) is 5.26. The van der Waals surface area contributed by atoms with Gasteiger partial charge in [-0.1, -0.05) is 6.92 Å². The van der Waals surface area contributed by atoms with Gasteiger partial charge in [0.2, 0.25) is 5.67 Å². The van der Waals surface area contributed by atoms with Crippen molar-refractivity contribution in [3.8, 4) is 0 Å². The number of ether oxygens (including phenoxy) is 1. The van der Waals surface area contributed by atoms with Crippen LogP contribution in [-0.2, 0) is 9.53 Å². The third-order valence-electron chi connectivity index (χ3n) is 5.26. The van der Waals surface area contributed by atoms with E-state index in [1.54, 1.807) is 0 Å². The highest BCUT2D eigenvalue weighted by Crippen LogP contribution is 2.61. The number of alkyl halides is 11. The molecule has 0 amide bonds. The molecule has 1 N–H and O–H groups in total. The molecule has 0 heterocycles. The predicted octanol–water partition coefficient (Wildman–Crippen LogP) is 5.21. The summed E-state index contributed by atoms with van der Waals surface area (Å²) in [6.45, 7) is 1.40. The number of hydrogen-bond acceptors (Lipinski definition) is 3. The lowest BCUT2D eigenvalue weighted by atomic mass is 9.83. The summed E-state index contributed by atoms with van der Waals surface area (Å²) in [4.78, 5) is 12.0. The van der Waals surface area contributed by atoms with Crippen LogP contribution in [0.25, 0.3) is 0 Å². The molecule has 178 valence electrons. The lowest BCUT2D eigenvalue weighted by Crippen LogP contribution is -2.59. The Kier molecular flexibility index (Phi) is 6.82. The van der Waals surface area contributed by atoms with E-state index in [9.17, 15) is 53.1 Å². The summed E-state index contributed by atoms with van der Waals surface area (Å²) in [6, 6.07) is 0. The molecular weight excluding hydrogens is 449 g/mol. The quantitative estimate of drug-likeness (QED) is 0.430. The van der Waals surface area contributed by atoms with Gasteiger partial charge in [-0.15, -0.1) is 0 Å². The monoisotopic (exact) mass is 468 g/mol. The minimum Gasteiger partial charge on any atom is -0.462 e. The van der Waals surface area contributed by atoms with Gasteiger partial charge in [0, 0.05) is 19.3 Å². The van der Waals surface area contributed by atoms with Gasteiger partial charge in [-0.05, 0) is 19.8 Å². The molecule has 4 unspecified atom stereocenters. The van der Waals surface area contributed by atoms with E-state index >= 15 is 0 Å². The Hall–Kier alpha value is -1.34. The average Bonchev–Trinajstić information content (AvgIpc) is 2.72. The highest BCUT2D eigenvalue weighted by Gasteiger charge is 2.79. The minimum absolute atomic E-state index is 0.132. The summed E-state index contributed by atoms with van der Waals surface area (Å²) in [5, 5.41) is 9.06. The molecule has 30 heavy (non-hydrogen) atoms. The van der Waals surface area contributed by atoms with Crippen molar-refractivity contribution in [2.24, 2.45) is 11.8 Å². The van der Waals surface area contributed by atoms with Crippen molar-refractivity contribution in [2.45, 2.75) is 81.6 Å². The van der Waals surface area contributed by atoms with Crippen molar-refractivity contribution in [3.63, 3.8) is 0 Å². The molecule has 14 heteroatoms. The van der Waals surface area contributed by atoms with Gasteiger partial charge < -0.3 is 9.84 Å². The van der Waals surface area contributed by atoms with E-state index in [4.69, 9.17) is 5.11 Å². The molecule has 0 aromatic carbocycles. The Morgan fingerprint density at radius 2 is 1.50 bits per heavy atom. The van der Waals surface area contributed by atoms with Crippen LogP contribution in [0.3, 0.4) is 0 Å². The lowest BCUT2D eigenvalue weighted by Gasteiger charge is -2.37. The first kappa shape index (κ1) is 26.7. The van der Waals surface area contributed by atoms with E-state index in [0.717, 1.165) is 6.92 Å². The van der Waals surface area contributed by atoms with Gasteiger partial charge >= 0.3 is 24.2 Å². The molecule has 0 aromatic rings. The normalized spacial score (nSPS) is 29.0. The van der Waals surface area contributed by atoms with Crippen LogP contribution in [0.4, 0.5) is 48.3 Å². The Morgan fingerprint density at radius 3 is 1.80 bits per heavy atom. The summed E-state index contributed by atoms with van der Waals surface area (Å²) < 4.78 is 151. The second-order valence-electron chi connectivity index (χ2n) is 7.42. The first-order valence-electron chi connectivity index (χ1n) is 8.58. The molecule has 1 fully saturated rings. The van der Waals surface area contributed by atoms with E-state index in [1.807, 2.05) is 0 Å². The zero-order chi connectivity index (χ0) is 24.1. The Bertz CT molecular complexity index is 624. The number of carbonyl (C=O) groups is 1. The van der Waals surface area contributed by atoms with E-state index < -0.39 is 78.6 Å². The molecule has 0 spiro atoms. The van der Waals surface area contributed by atoms with Crippen molar-refractivity contribution < 1.29 is 62.9 Å². The Balaban J connectivity index is 3.13. The maximum Gasteiger partial charge on any atom is 0.426 e. The summed E-state index contributed by atoms with van der Waals surface area (Å²) in [7, 11) is 0.